The van der Waals surface area contributed by atoms with E-state index in [1.807, 2.05) is 20.9 Å². The maximum absolute atomic E-state index is 5.78. The van der Waals surface area contributed by atoms with Crippen LogP contribution in [0.2, 0.25) is 0 Å². The Morgan fingerprint density at radius 3 is 2.43 bits per heavy atom. The number of nitrogens with two attached hydrogens (primary N) is 1. The first-order valence-electron chi connectivity index (χ1n) is 7.90. The second-order valence-corrected chi connectivity index (χ2v) is 6.14. The first-order chi connectivity index (χ1) is 9.99. The number of hydrogen-bond acceptors (Lipinski definition) is 6. The summed E-state index contributed by atoms with van der Waals surface area (Å²) >= 11 is 0. The van der Waals surface area contributed by atoms with Gasteiger partial charge in [-0.1, -0.05) is 13.3 Å². The van der Waals surface area contributed by atoms with Crippen molar-refractivity contribution in [2.45, 2.75) is 65.0 Å². The minimum Gasteiger partial charge on any atom is -0.461 e. The highest BCUT2D eigenvalue weighted by Crippen LogP contribution is 2.30. The number of hydrogen-bond donors (Lipinski definition) is 1. The van der Waals surface area contributed by atoms with E-state index in [2.05, 4.69) is 26.8 Å². The Bertz CT molecular complexity index is 457. The molecule has 0 aliphatic heterocycles. The third-order valence-corrected chi connectivity index (χ3v) is 4.22. The second-order valence-electron chi connectivity index (χ2n) is 6.14. The highest BCUT2D eigenvalue weighted by molar-refractivity contribution is 5.36. The zero-order valence-electron chi connectivity index (χ0n) is 13.5. The molecule has 0 radical (unpaired) electrons. The van der Waals surface area contributed by atoms with Crippen molar-refractivity contribution >= 4 is 11.9 Å². The highest BCUT2D eigenvalue weighted by atomic mass is 16.5. The topological polar surface area (TPSA) is 77.2 Å². The molecule has 1 fully saturated rings. The fraction of sp³-hybridized carbons (Fsp3) is 0.800. The van der Waals surface area contributed by atoms with E-state index in [0.29, 0.717) is 18.0 Å². The molecular weight excluding hydrogens is 266 g/mol. The molecule has 0 unspecified atom stereocenters. The summed E-state index contributed by atoms with van der Waals surface area (Å²) in [5, 5.41) is 0. The van der Waals surface area contributed by atoms with Gasteiger partial charge in [0.25, 0.3) is 0 Å². The Balaban J connectivity index is 2.08. The van der Waals surface area contributed by atoms with Gasteiger partial charge in [-0.3, -0.25) is 0 Å². The van der Waals surface area contributed by atoms with Crippen molar-refractivity contribution in [2.75, 3.05) is 17.7 Å². The number of aromatic nitrogens is 3. The molecule has 0 atom stereocenters. The van der Waals surface area contributed by atoms with E-state index in [1.54, 1.807) is 0 Å². The van der Waals surface area contributed by atoms with Crippen LogP contribution >= 0.6 is 0 Å². The molecule has 21 heavy (non-hydrogen) atoms. The Morgan fingerprint density at radius 1 is 1.19 bits per heavy atom. The summed E-state index contributed by atoms with van der Waals surface area (Å²) in [5.41, 5.74) is 5.78. The van der Waals surface area contributed by atoms with Crippen molar-refractivity contribution in [3.05, 3.63) is 0 Å². The number of nitrogens with zero attached hydrogens (tertiary/aromatic N) is 4. The standard InChI is InChI=1S/C15H27N5O/c1-5-11-6-8-12(9-7-11)20(4)14-17-13(16)18-15(19-14)21-10(2)3/h10-12H,5-9H2,1-4H3,(H2,16,17,18,19). The average molecular weight is 293 g/mol. The predicted octanol–water partition coefficient (Wildman–Crippen LogP) is 2.65. The first-order valence-corrected chi connectivity index (χ1v) is 7.90. The van der Waals surface area contributed by atoms with Gasteiger partial charge < -0.3 is 15.4 Å². The number of nitrogen functional groups attached to an aromatic ring is 1. The van der Waals surface area contributed by atoms with Gasteiger partial charge in [-0.2, -0.15) is 15.0 Å². The van der Waals surface area contributed by atoms with E-state index in [0.717, 1.165) is 5.92 Å². The van der Waals surface area contributed by atoms with Crippen molar-refractivity contribution in [1.29, 1.82) is 0 Å². The molecule has 1 aliphatic carbocycles. The minimum atomic E-state index is 0.0185. The molecule has 6 nitrogen and oxygen atoms in total. The maximum atomic E-state index is 5.78. The Hall–Kier alpha value is -1.59. The Labute approximate surface area is 127 Å². The van der Waals surface area contributed by atoms with Crippen LogP contribution in [0.5, 0.6) is 6.01 Å². The summed E-state index contributed by atoms with van der Waals surface area (Å²) in [6, 6.07) is 0.781. The van der Waals surface area contributed by atoms with Crippen LogP contribution < -0.4 is 15.4 Å². The SMILES string of the molecule is CCC1CCC(N(C)c2nc(N)nc(OC(C)C)n2)CC1. The van der Waals surface area contributed by atoms with Crippen molar-refractivity contribution < 1.29 is 4.74 Å². The fourth-order valence-corrected chi connectivity index (χ4v) is 2.89. The van der Waals surface area contributed by atoms with Gasteiger partial charge in [0.05, 0.1) is 6.10 Å². The van der Waals surface area contributed by atoms with Gasteiger partial charge in [0, 0.05) is 13.1 Å². The lowest BCUT2D eigenvalue weighted by atomic mass is 9.84. The van der Waals surface area contributed by atoms with Crippen LogP contribution in [-0.2, 0) is 0 Å². The zero-order valence-corrected chi connectivity index (χ0v) is 13.5. The third kappa shape index (κ3) is 4.19. The molecular formula is C15H27N5O. The largest absolute Gasteiger partial charge is 0.461 e. The number of rotatable bonds is 5. The summed E-state index contributed by atoms with van der Waals surface area (Å²) in [5.74, 6) is 1.70. The molecule has 1 aromatic rings. The van der Waals surface area contributed by atoms with Crippen molar-refractivity contribution in [2.24, 2.45) is 5.92 Å². The van der Waals surface area contributed by atoms with E-state index in [1.165, 1.54) is 32.1 Å². The summed E-state index contributed by atoms with van der Waals surface area (Å²) in [6.07, 6.45) is 6.22. The first kappa shape index (κ1) is 15.8. The van der Waals surface area contributed by atoms with Gasteiger partial charge in [0.15, 0.2) is 0 Å². The van der Waals surface area contributed by atoms with Crippen LogP contribution in [0, 0.1) is 5.92 Å². The Kier molecular flexibility index (Phi) is 5.20. The van der Waals surface area contributed by atoms with Crippen molar-refractivity contribution in [3.8, 4) is 6.01 Å². The lowest BCUT2D eigenvalue weighted by molar-refractivity contribution is 0.221. The van der Waals surface area contributed by atoms with Gasteiger partial charge in [-0.05, 0) is 45.4 Å². The zero-order chi connectivity index (χ0) is 15.4. The van der Waals surface area contributed by atoms with Gasteiger partial charge >= 0.3 is 6.01 Å². The molecule has 1 aliphatic rings. The third-order valence-electron chi connectivity index (χ3n) is 4.22. The Morgan fingerprint density at radius 2 is 1.86 bits per heavy atom. The molecule has 0 aromatic carbocycles. The molecule has 1 saturated carbocycles. The fourth-order valence-electron chi connectivity index (χ4n) is 2.89. The summed E-state index contributed by atoms with van der Waals surface area (Å²) in [6.45, 7) is 6.15. The van der Waals surface area contributed by atoms with Crippen LogP contribution in [0.3, 0.4) is 0 Å². The molecule has 118 valence electrons. The lowest BCUT2D eigenvalue weighted by Gasteiger charge is -2.34. The van der Waals surface area contributed by atoms with Gasteiger partial charge in [0.1, 0.15) is 0 Å². The number of anilines is 2. The molecule has 0 amide bonds. The van der Waals surface area contributed by atoms with Crippen LogP contribution in [0.15, 0.2) is 0 Å². The lowest BCUT2D eigenvalue weighted by Crippen LogP contribution is -2.36. The van der Waals surface area contributed by atoms with Crippen LogP contribution in [0.1, 0.15) is 52.9 Å². The van der Waals surface area contributed by atoms with E-state index >= 15 is 0 Å². The van der Waals surface area contributed by atoms with E-state index < -0.39 is 0 Å². The van der Waals surface area contributed by atoms with E-state index in [9.17, 15) is 0 Å². The summed E-state index contributed by atoms with van der Waals surface area (Å²) in [7, 11) is 2.03. The minimum absolute atomic E-state index is 0.0185. The van der Waals surface area contributed by atoms with Gasteiger partial charge in [0.2, 0.25) is 11.9 Å². The molecule has 6 heteroatoms. The van der Waals surface area contributed by atoms with Crippen molar-refractivity contribution in [3.63, 3.8) is 0 Å². The monoisotopic (exact) mass is 293 g/mol. The van der Waals surface area contributed by atoms with Crippen molar-refractivity contribution in [1.82, 2.24) is 15.0 Å². The smallest absolute Gasteiger partial charge is 0.323 e. The molecule has 1 aromatic heterocycles. The van der Waals surface area contributed by atoms with Crippen LogP contribution in [-0.4, -0.2) is 34.1 Å². The summed E-state index contributed by atoms with van der Waals surface area (Å²) < 4.78 is 5.54. The van der Waals surface area contributed by atoms with Crippen LogP contribution in [0.25, 0.3) is 0 Å². The normalized spacial score (nSPS) is 22.3. The molecule has 2 N–H and O–H groups in total. The quantitative estimate of drug-likeness (QED) is 0.899. The van der Waals surface area contributed by atoms with Gasteiger partial charge in [-0.25, -0.2) is 0 Å². The highest BCUT2D eigenvalue weighted by Gasteiger charge is 2.25. The molecule has 0 spiro atoms. The van der Waals surface area contributed by atoms with Crippen LogP contribution in [0.4, 0.5) is 11.9 Å². The molecule has 0 bridgehead atoms. The molecule has 1 heterocycles. The van der Waals surface area contributed by atoms with E-state index in [4.69, 9.17) is 10.5 Å². The molecule has 0 saturated heterocycles. The molecule has 2 rings (SSSR count). The number of ether oxygens (including phenoxy) is 1. The maximum Gasteiger partial charge on any atom is 0.323 e. The van der Waals surface area contributed by atoms with Gasteiger partial charge in [-0.15, -0.1) is 0 Å². The second kappa shape index (κ2) is 6.91. The van der Waals surface area contributed by atoms with E-state index in [-0.39, 0.29) is 12.1 Å². The summed E-state index contributed by atoms with van der Waals surface area (Å²) in [4.78, 5) is 14.8. The average Bonchev–Trinajstić information content (AvgIpc) is 2.45. The predicted molar refractivity (Wildman–Crippen MR) is 84.4 cm³/mol.